The number of methoxy groups -OCH3 is 1. The molecule has 0 radical (unpaired) electrons. The van der Waals surface area contributed by atoms with Crippen molar-refractivity contribution in [3.63, 3.8) is 0 Å². The van der Waals surface area contributed by atoms with Crippen molar-refractivity contribution in [3.8, 4) is 11.5 Å². The summed E-state index contributed by atoms with van der Waals surface area (Å²) < 4.78 is 11.8. The maximum Gasteiger partial charge on any atom is 0.165 e. The van der Waals surface area contributed by atoms with Gasteiger partial charge in [0.2, 0.25) is 0 Å². The van der Waals surface area contributed by atoms with Gasteiger partial charge in [-0.1, -0.05) is 18.2 Å². The van der Waals surface area contributed by atoms with Gasteiger partial charge in [-0.2, -0.15) is 0 Å². The largest absolute Gasteiger partial charge is 0.493 e. The van der Waals surface area contributed by atoms with E-state index in [1.54, 1.807) is 7.11 Å². The van der Waals surface area contributed by atoms with Crippen LogP contribution in [0.25, 0.3) is 0 Å². The second-order valence-corrected chi connectivity index (χ2v) is 7.11. The first kappa shape index (κ1) is 15.0. The summed E-state index contributed by atoms with van der Waals surface area (Å²) in [6, 6.07) is 4.70. The number of aliphatic hydroxyl groups is 1. The van der Waals surface area contributed by atoms with Gasteiger partial charge in [0.25, 0.3) is 0 Å². The van der Waals surface area contributed by atoms with Crippen LogP contribution in [0.5, 0.6) is 11.5 Å². The van der Waals surface area contributed by atoms with Gasteiger partial charge in [0.1, 0.15) is 12.2 Å². The molecular formula is C18H23NO4. The van der Waals surface area contributed by atoms with Gasteiger partial charge in [-0.3, -0.25) is 0 Å². The fraction of sp³-hybridized carbons (Fsp3) is 0.556. The fourth-order valence-corrected chi connectivity index (χ4v) is 5.39. The highest BCUT2D eigenvalue weighted by Crippen LogP contribution is 2.62. The summed E-state index contributed by atoms with van der Waals surface area (Å²) in [6.07, 6.45) is 5.54. The van der Waals surface area contributed by atoms with Gasteiger partial charge in [0.05, 0.1) is 7.11 Å². The highest BCUT2D eigenvalue weighted by molar-refractivity contribution is 5.62. The summed E-state index contributed by atoms with van der Waals surface area (Å²) in [4.78, 5) is 2.47. The number of hydrogen-bond acceptors (Lipinski definition) is 4. The summed E-state index contributed by atoms with van der Waals surface area (Å²) in [5, 5.41) is 10.6. The van der Waals surface area contributed by atoms with Crippen LogP contribution in [0, 0.1) is 5.92 Å². The van der Waals surface area contributed by atoms with E-state index < -0.39 is 6.10 Å². The third-order valence-electron chi connectivity index (χ3n) is 6.35. The number of likely N-dealkylation sites (N-methyl/N-ethyl adjacent to an activating group) is 1. The quantitative estimate of drug-likeness (QED) is 0.773. The van der Waals surface area contributed by atoms with Gasteiger partial charge in [0, 0.05) is 22.9 Å². The number of ether oxygens (including phenoxy) is 2. The smallest absolute Gasteiger partial charge is 0.165 e. The van der Waals surface area contributed by atoms with Crippen LogP contribution in [0.2, 0.25) is 0 Å². The first-order chi connectivity index (χ1) is 10.7. The van der Waals surface area contributed by atoms with E-state index in [0.717, 1.165) is 30.9 Å². The maximum absolute atomic E-state index is 10.6. The van der Waals surface area contributed by atoms with Gasteiger partial charge in [-0.15, -0.1) is 0 Å². The van der Waals surface area contributed by atoms with E-state index in [-0.39, 0.29) is 17.0 Å². The number of nitrogens with zero attached hydrogens (tertiary/aromatic N) is 1. The van der Waals surface area contributed by atoms with E-state index in [1.807, 2.05) is 12.1 Å². The zero-order valence-corrected chi connectivity index (χ0v) is 13.5. The predicted octanol–water partition coefficient (Wildman–Crippen LogP) is 0.676. The number of benzene rings is 1. The Hall–Kier alpha value is -1.56. The molecule has 5 heteroatoms. The SMILES string of the molecule is COc1ccc2c3c1O[C@H]1[C@@H](O)C=C[C@H]4[C@@H](C2)N(C)CC[C@@]341.O. The van der Waals surface area contributed by atoms with Crippen molar-refractivity contribution in [2.75, 3.05) is 20.7 Å². The molecule has 0 amide bonds. The number of rotatable bonds is 1. The molecule has 0 saturated carbocycles. The molecule has 0 unspecified atom stereocenters. The Morgan fingerprint density at radius 3 is 2.96 bits per heavy atom. The normalized spacial score (nSPS) is 39.3. The molecule has 3 N–H and O–H groups in total. The first-order valence-electron chi connectivity index (χ1n) is 8.10. The van der Waals surface area contributed by atoms with E-state index in [0.29, 0.717) is 12.0 Å². The summed E-state index contributed by atoms with van der Waals surface area (Å²) in [6.45, 7) is 1.05. The molecule has 2 heterocycles. The molecule has 1 fully saturated rings. The minimum atomic E-state index is -0.539. The van der Waals surface area contributed by atoms with E-state index in [1.165, 1.54) is 11.1 Å². The van der Waals surface area contributed by atoms with Crippen LogP contribution >= 0.6 is 0 Å². The van der Waals surface area contributed by atoms with E-state index in [4.69, 9.17) is 9.47 Å². The highest BCUT2D eigenvalue weighted by atomic mass is 16.5. The number of likely N-dealkylation sites (tertiary alicyclic amines) is 1. The van der Waals surface area contributed by atoms with Gasteiger partial charge in [0.15, 0.2) is 11.5 Å². The van der Waals surface area contributed by atoms with Crippen molar-refractivity contribution in [1.29, 1.82) is 0 Å². The number of piperidine rings is 1. The minimum Gasteiger partial charge on any atom is -0.493 e. The lowest BCUT2D eigenvalue weighted by Crippen LogP contribution is -2.64. The van der Waals surface area contributed by atoms with E-state index >= 15 is 0 Å². The van der Waals surface area contributed by atoms with Crippen LogP contribution in [0.1, 0.15) is 17.5 Å². The van der Waals surface area contributed by atoms with Crippen LogP contribution < -0.4 is 9.47 Å². The highest BCUT2D eigenvalue weighted by Gasteiger charge is 2.64. The molecule has 1 aromatic rings. The summed E-state index contributed by atoms with van der Waals surface area (Å²) in [7, 11) is 3.91. The molecule has 5 rings (SSSR count). The van der Waals surface area contributed by atoms with Crippen LogP contribution in [0.4, 0.5) is 0 Å². The Balaban J connectivity index is 0.00000135. The molecule has 5 atom stereocenters. The lowest BCUT2D eigenvalue weighted by molar-refractivity contribution is -0.0453. The molecule has 1 aromatic carbocycles. The van der Waals surface area contributed by atoms with Crippen molar-refractivity contribution < 1.29 is 20.1 Å². The third-order valence-corrected chi connectivity index (χ3v) is 6.35. The van der Waals surface area contributed by atoms with Crippen molar-refractivity contribution in [1.82, 2.24) is 4.90 Å². The number of hydrogen-bond donors (Lipinski definition) is 1. The molecule has 4 aliphatic rings. The second-order valence-electron chi connectivity index (χ2n) is 7.11. The lowest BCUT2D eigenvalue weighted by Gasteiger charge is -2.56. The average molecular weight is 317 g/mol. The average Bonchev–Trinajstić information content (AvgIpc) is 2.88. The standard InChI is InChI=1S/C18H21NO3.H2O/c1-19-8-7-18-11-4-5-13(20)17(18)22-16-14(21-2)6-3-10(15(16)18)9-12(11)19;/h3-6,11-13,17,20H,7-9H2,1-2H3;1H2/t11-,12+,13-,17-,18-;/m0./s1. The molecular weight excluding hydrogens is 294 g/mol. The molecule has 5 nitrogen and oxygen atoms in total. The summed E-state index contributed by atoms with van der Waals surface area (Å²) in [5.74, 6) is 2.09. The van der Waals surface area contributed by atoms with Crippen LogP contribution in [-0.4, -0.2) is 54.4 Å². The molecule has 2 aliphatic carbocycles. The zero-order valence-electron chi connectivity index (χ0n) is 13.5. The van der Waals surface area contributed by atoms with E-state index in [9.17, 15) is 5.11 Å². The van der Waals surface area contributed by atoms with Crippen LogP contribution in [0.3, 0.4) is 0 Å². The molecule has 124 valence electrons. The zero-order chi connectivity index (χ0) is 15.1. The number of aliphatic hydroxyl groups excluding tert-OH is 1. The summed E-state index contributed by atoms with van der Waals surface area (Å²) in [5.41, 5.74) is 2.60. The lowest BCUT2D eigenvalue weighted by atomic mass is 9.53. The van der Waals surface area contributed by atoms with Gasteiger partial charge < -0.3 is 25.0 Å². The first-order valence-corrected chi connectivity index (χ1v) is 8.10. The maximum atomic E-state index is 10.6. The fourth-order valence-electron chi connectivity index (χ4n) is 5.39. The van der Waals surface area contributed by atoms with E-state index in [2.05, 4.69) is 24.1 Å². The Labute approximate surface area is 135 Å². The van der Waals surface area contributed by atoms with Crippen molar-refractivity contribution >= 4 is 0 Å². The Morgan fingerprint density at radius 1 is 1.35 bits per heavy atom. The van der Waals surface area contributed by atoms with Crippen molar-refractivity contribution in [3.05, 3.63) is 35.4 Å². The van der Waals surface area contributed by atoms with Crippen LogP contribution in [0.15, 0.2) is 24.3 Å². The van der Waals surface area contributed by atoms with Crippen molar-refractivity contribution in [2.45, 2.75) is 36.5 Å². The van der Waals surface area contributed by atoms with Gasteiger partial charge in [-0.25, -0.2) is 0 Å². The molecule has 2 bridgehead atoms. The molecule has 1 spiro atoms. The molecule has 0 aromatic heterocycles. The Kier molecular flexibility index (Phi) is 3.08. The monoisotopic (exact) mass is 317 g/mol. The Morgan fingerprint density at radius 2 is 2.17 bits per heavy atom. The Bertz CT molecular complexity index is 688. The van der Waals surface area contributed by atoms with Gasteiger partial charge >= 0.3 is 0 Å². The predicted molar refractivity (Wildman–Crippen MR) is 86.1 cm³/mol. The molecule has 1 saturated heterocycles. The molecule has 2 aliphatic heterocycles. The van der Waals surface area contributed by atoms with Crippen LogP contribution in [-0.2, 0) is 11.8 Å². The van der Waals surface area contributed by atoms with Crippen molar-refractivity contribution in [2.24, 2.45) is 5.92 Å². The van der Waals surface area contributed by atoms with Gasteiger partial charge in [-0.05, 0) is 38.1 Å². The minimum absolute atomic E-state index is 0. The molecule has 23 heavy (non-hydrogen) atoms. The second kappa shape index (κ2) is 4.72. The summed E-state index contributed by atoms with van der Waals surface area (Å²) >= 11 is 0. The topological polar surface area (TPSA) is 73.4 Å². The third kappa shape index (κ3) is 1.57.